The Kier molecular flexibility index (Phi) is 6.45. The zero-order valence-electron chi connectivity index (χ0n) is 16.5. The summed E-state index contributed by atoms with van der Waals surface area (Å²) in [6, 6.07) is 12.4. The summed E-state index contributed by atoms with van der Waals surface area (Å²) in [5.74, 6) is -0.330. The van der Waals surface area contributed by atoms with Gasteiger partial charge in [-0.25, -0.2) is 8.42 Å². The first-order chi connectivity index (χ1) is 13.7. The van der Waals surface area contributed by atoms with Crippen LogP contribution in [-0.4, -0.2) is 30.4 Å². The first-order valence-electron chi connectivity index (χ1n) is 8.99. The molecule has 0 aliphatic rings. The SMILES string of the molecule is C=CCn1c(=NC(=O)c2cccc(SC(C)C)c2)sc2cc(S(C)(=O)=O)ccc21. The van der Waals surface area contributed by atoms with Crippen molar-refractivity contribution in [2.75, 3.05) is 6.26 Å². The third kappa shape index (κ3) is 5.07. The third-order valence-corrected chi connectivity index (χ3v) is 7.19. The maximum absolute atomic E-state index is 12.8. The zero-order chi connectivity index (χ0) is 21.2. The molecule has 29 heavy (non-hydrogen) atoms. The number of hydrogen-bond donors (Lipinski definition) is 0. The van der Waals surface area contributed by atoms with Gasteiger partial charge in [-0.2, -0.15) is 4.99 Å². The molecule has 5 nitrogen and oxygen atoms in total. The second kappa shape index (κ2) is 8.69. The molecule has 0 fully saturated rings. The summed E-state index contributed by atoms with van der Waals surface area (Å²) in [7, 11) is -3.31. The van der Waals surface area contributed by atoms with Gasteiger partial charge in [0.15, 0.2) is 14.6 Å². The molecule has 1 heterocycles. The van der Waals surface area contributed by atoms with Gasteiger partial charge in [-0.05, 0) is 36.4 Å². The molecule has 0 bridgehead atoms. The normalized spacial score (nSPS) is 12.6. The predicted octanol–water partition coefficient (Wildman–Crippen LogP) is 4.53. The van der Waals surface area contributed by atoms with Gasteiger partial charge in [0.2, 0.25) is 0 Å². The van der Waals surface area contributed by atoms with Crippen molar-refractivity contribution in [3.05, 3.63) is 65.5 Å². The molecular weight excluding hydrogens is 424 g/mol. The largest absolute Gasteiger partial charge is 0.312 e. The Hall–Kier alpha value is -2.16. The number of carbonyl (C=O) groups excluding carboxylic acids is 1. The number of carbonyl (C=O) groups is 1. The minimum absolute atomic E-state index is 0.244. The van der Waals surface area contributed by atoms with Crippen molar-refractivity contribution in [3.8, 4) is 0 Å². The second-order valence-electron chi connectivity index (χ2n) is 6.80. The number of thiazole rings is 1. The molecular formula is C21H22N2O3S3. The highest BCUT2D eigenvalue weighted by Gasteiger charge is 2.13. The number of amides is 1. The first-order valence-corrected chi connectivity index (χ1v) is 12.6. The minimum atomic E-state index is -3.31. The van der Waals surface area contributed by atoms with Crippen molar-refractivity contribution in [2.45, 2.75) is 35.4 Å². The number of rotatable bonds is 6. The van der Waals surface area contributed by atoms with Crippen LogP contribution in [0.2, 0.25) is 0 Å². The molecule has 1 amide bonds. The van der Waals surface area contributed by atoms with E-state index in [2.05, 4.69) is 25.4 Å². The van der Waals surface area contributed by atoms with Crippen molar-refractivity contribution in [2.24, 2.45) is 4.99 Å². The molecule has 8 heteroatoms. The highest BCUT2D eigenvalue weighted by atomic mass is 32.2. The highest BCUT2D eigenvalue weighted by molar-refractivity contribution is 7.99. The van der Waals surface area contributed by atoms with E-state index >= 15 is 0 Å². The van der Waals surface area contributed by atoms with Gasteiger partial charge in [0.25, 0.3) is 5.91 Å². The van der Waals surface area contributed by atoms with Gasteiger partial charge < -0.3 is 4.57 Å². The van der Waals surface area contributed by atoms with Crippen LogP contribution in [0, 0.1) is 0 Å². The van der Waals surface area contributed by atoms with E-state index in [1.807, 2.05) is 22.8 Å². The summed E-state index contributed by atoms with van der Waals surface area (Å²) in [6.07, 6.45) is 2.90. The molecule has 1 aromatic heterocycles. The standard InChI is InChI=1S/C21H22N2O3S3/c1-5-11-23-18-10-9-17(29(4,25)26)13-19(18)28-21(23)22-20(24)15-7-6-8-16(12-15)27-14(2)3/h5-10,12-14H,1,11H2,2-4H3. The number of thioether (sulfide) groups is 1. The van der Waals surface area contributed by atoms with Gasteiger partial charge in [0, 0.05) is 28.5 Å². The van der Waals surface area contributed by atoms with Crippen molar-refractivity contribution in [3.63, 3.8) is 0 Å². The van der Waals surface area contributed by atoms with E-state index in [0.29, 0.717) is 22.2 Å². The Bertz CT molecular complexity index is 1250. The number of hydrogen-bond acceptors (Lipinski definition) is 5. The molecule has 152 valence electrons. The number of sulfone groups is 1. The molecule has 0 N–H and O–H groups in total. The topological polar surface area (TPSA) is 68.5 Å². The van der Waals surface area contributed by atoms with Crippen LogP contribution in [-0.2, 0) is 16.4 Å². The molecule has 0 saturated carbocycles. The molecule has 0 unspecified atom stereocenters. The Labute approximate surface area is 178 Å². The molecule has 0 spiro atoms. The Balaban J connectivity index is 2.10. The predicted molar refractivity (Wildman–Crippen MR) is 120 cm³/mol. The second-order valence-corrected chi connectivity index (χ2v) is 11.5. The number of benzene rings is 2. The van der Waals surface area contributed by atoms with Crippen LogP contribution in [0.25, 0.3) is 10.2 Å². The fraction of sp³-hybridized carbons (Fsp3) is 0.238. The Morgan fingerprint density at radius 2 is 2.03 bits per heavy atom. The Morgan fingerprint density at radius 3 is 2.69 bits per heavy atom. The first kappa shape index (κ1) is 21.5. The van der Waals surface area contributed by atoms with Gasteiger partial charge in [-0.15, -0.1) is 18.3 Å². The lowest BCUT2D eigenvalue weighted by atomic mass is 10.2. The summed E-state index contributed by atoms with van der Waals surface area (Å²) in [4.78, 5) is 18.9. The lowest BCUT2D eigenvalue weighted by Crippen LogP contribution is -2.16. The van der Waals surface area contributed by atoms with Crippen molar-refractivity contribution in [1.82, 2.24) is 4.57 Å². The lowest BCUT2D eigenvalue weighted by molar-refractivity contribution is 0.0997. The summed E-state index contributed by atoms with van der Waals surface area (Å²) in [6.45, 7) is 8.44. The summed E-state index contributed by atoms with van der Waals surface area (Å²) >= 11 is 2.98. The van der Waals surface area contributed by atoms with Gasteiger partial charge in [-0.1, -0.05) is 37.3 Å². The van der Waals surface area contributed by atoms with E-state index in [1.165, 1.54) is 17.6 Å². The zero-order valence-corrected chi connectivity index (χ0v) is 18.9. The van der Waals surface area contributed by atoms with Crippen molar-refractivity contribution < 1.29 is 13.2 Å². The van der Waals surface area contributed by atoms with Crippen LogP contribution in [0.15, 0.2) is 69.9 Å². The average Bonchev–Trinajstić information content (AvgIpc) is 2.97. The van der Waals surface area contributed by atoms with Crippen molar-refractivity contribution in [1.29, 1.82) is 0 Å². The Morgan fingerprint density at radius 1 is 1.28 bits per heavy atom. The van der Waals surface area contributed by atoms with Crippen molar-refractivity contribution >= 4 is 49.1 Å². The van der Waals surface area contributed by atoms with Crippen LogP contribution in [0.1, 0.15) is 24.2 Å². The van der Waals surface area contributed by atoms with E-state index in [4.69, 9.17) is 0 Å². The highest BCUT2D eigenvalue weighted by Crippen LogP contribution is 2.24. The summed E-state index contributed by atoms with van der Waals surface area (Å²) < 4.78 is 26.4. The van der Waals surface area contributed by atoms with E-state index < -0.39 is 9.84 Å². The van der Waals surface area contributed by atoms with Gasteiger partial charge >= 0.3 is 0 Å². The molecule has 0 atom stereocenters. The molecule has 0 aliphatic heterocycles. The van der Waals surface area contributed by atoms with Crippen LogP contribution < -0.4 is 4.80 Å². The van der Waals surface area contributed by atoms with E-state index in [9.17, 15) is 13.2 Å². The van der Waals surface area contributed by atoms with Gasteiger partial charge in [0.05, 0.1) is 15.1 Å². The fourth-order valence-electron chi connectivity index (χ4n) is 2.80. The maximum Gasteiger partial charge on any atom is 0.279 e. The maximum atomic E-state index is 12.8. The van der Waals surface area contributed by atoms with Crippen LogP contribution >= 0.6 is 23.1 Å². The van der Waals surface area contributed by atoms with E-state index in [0.717, 1.165) is 15.1 Å². The smallest absolute Gasteiger partial charge is 0.279 e. The quantitative estimate of drug-likeness (QED) is 0.412. The number of fused-ring (bicyclic) bond motifs is 1. The molecule has 3 rings (SSSR count). The fourth-order valence-corrected chi connectivity index (χ4v) is 5.50. The summed E-state index contributed by atoms with van der Waals surface area (Å²) in [5.41, 5.74) is 1.34. The van der Waals surface area contributed by atoms with Crippen LogP contribution in [0.3, 0.4) is 0 Å². The average molecular weight is 447 g/mol. The van der Waals surface area contributed by atoms with Gasteiger partial charge in [0.1, 0.15) is 0 Å². The minimum Gasteiger partial charge on any atom is -0.312 e. The van der Waals surface area contributed by atoms with E-state index in [1.54, 1.807) is 42.1 Å². The van der Waals surface area contributed by atoms with Gasteiger partial charge in [-0.3, -0.25) is 4.79 Å². The lowest BCUT2D eigenvalue weighted by Gasteiger charge is -2.05. The molecule has 0 radical (unpaired) electrons. The van der Waals surface area contributed by atoms with Crippen LogP contribution in [0.5, 0.6) is 0 Å². The number of aromatic nitrogens is 1. The molecule has 2 aromatic carbocycles. The molecule has 3 aromatic rings. The monoisotopic (exact) mass is 446 g/mol. The number of nitrogens with zero attached hydrogens (tertiary/aromatic N) is 2. The summed E-state index contributed by atoms with van der Waals surface area (Å²) in [5, 5.41) is 0.415. The molecule has 0 saturated heterocycles. The van der Waals surface area contributed by atoms with E-state index in [-0.39, 0.29) is 10.8 Å². The van der Waals surface area contributed by atoms with Crippen LogP contribution in [0.4, 0.5) is 0 Å². The third-order valence-electron chi connectivity index (χ3n) is 4.04. The molecule has 0 aliphatic carbocycles. The number of allylic oxidation sites excluding steroid dienone is 1.